The number of unbranched alkanes of at least 4 members (excludes halogenated alkanes) is 7. The molecule has 0 aromatic carbocycles. The first-order valence-corrected chi connectivity index (χ1v) is 27.3. The lowest BCUT2D eigenvalue weighted by atomic mass is 9.88. The van der Waals surface area contributed by atoms with Gasteiger partial charge in [0.05, 0.1) is 24.3 Å². The topological polar surface area (TPSA) is 274 Å². The molecular weight excluding hydrogens is 921 g/mol. The van der Waals surface area contributed by atoms with Gasteiger partial charge in [0.2, 0.25) is 35.4 Å². The van der Waals surface area contributed by atoms with Crippen LogP contribution in [-0.4, -0.2) is 199 Å². The summed E-state index contributed by atoms with van der Waals surface area (Å²) in [7, 11) is 7.83. The average Bonchev–Trinajstić information content (AvgIpc) is 3.33. The highest BCUT2D eigenvalue weighted by molar-refractivity contribution is 5.98. The number of ketones is 2. The smallest absolute Gasteiger partial charge is 0.224 e. The Morgan fingerprint density at radius 1 is 0.389 bits per heavy atom. The van der Waals surface area contributed by atoms with Gasteiger partial charge in [-0.2, -0.15) is 0 Å². The van der Waals surface area contributed by atoms with E-state index in [0.717, 1.165) is 90.5 Å². The first-order chi connectivity index (χ1) is 34.4. The zero-order valence-corrected chi connectivity index (χ0v) is 46.1. The molecule has 0 rings (SSSR count). The normalized spacial score (nSPS) is 13.1. The van der Waals surface area contributed by atoms with Crippen LogP contribution in [0.3, 0.4) is 0 Å². The van der Waals surface area contributed by atoms with Gasteiger partial charge in [-0.1, -0.05) is 72.6 Å². The molecule has 418 valence electrons. The molecule has 4 unspecified atom stereocenters. The number of carbonyl (C=O) groups is 8. The maximum Gasteiger partial charge on any atom is 0.224 e. The first kappa shape index (κ1) is 67.9. The number of hydrogen-bond acceptors (Lipinski definition) is 14. The maximum atomic E-state index is 14.4. The number of rotatable bonds is 47. The van der Waals surface area contributed by atoms with Crippen molar-refractivity contribution in [3.8, 4) is 0 Å². The number of Topliss-reactive ketones (excluding diaryl/α,β-unsaturated/α-hetero) is 2. The fraction of sp³-hybridized carbons (Fsp3) is 0.846. The van der Waals surface area contributed by atoms with Crippen LogP contribution in [0.25, 0.3) is 0 Å². The highest BCUT2D eigenvalue weighted by Crippen LogP contribution is 2.19. The van der Waals surface area contributed by atoms with Crippen LogP contribution < -0.4 is 43.4 Å². The zero-order valence-electron chi connectivity index (χ0n) is 46.1. The van der Waals surface area contributed by atoms with Crippen LogP contribution in [0.1, 0.15) is 137 Å². The van der Waals surface area contributed by atoms with E-state index in [1.54, 1.807) is 6.92 Å². The van der Waals surface area contributed by atoms with Gasteiger partial charge in [-0.25, -0.2) is 0 Å². The lowest BCUT2D eigenvalue weighted by Crippen LogP contribution is -2.47. The number of hydrogen-bond donors (Lipinski definition) is 8. The standard InChI is InChI=1S/C52H102N12O8/c1-9-13-16-18-23-55-48(68)40-45(60-49(69)38-41(12-4)50(70)58-24-19-17-14-10-2)46(66)37-42(51(71)59-26-30-64(8)34-32-62(6)28-21-54)35-44(65)36-43(52(72)57-22-15-11-3)39-47(67)56-25-29-63(7)33-31-61(5)27-20-53/h41-43,45H,9-40,53-54H2,1-8H3,(H,55,68)(H,56,67)(H,57,72)(H,58,70)(H,59,71)(H,60,69). The number of likely N-dealkylation sites (N-methyl/N-ethyl adjacent to an activating group) is 4. The SMILES string of the molecule is CCCCCCNC(=O)CC(NC(=O)CC(CC)C(=O)NCCCCCC)C(=O)CC(CC(=O)CC(CC(=O)NCCN(C)CCN(C)CCN)C(=O)NCCCC)C(=O)NCCN(C)CCN(C)CCN. The Bertz CT molecular complexity index is 1540. The molecule has 0 aromatic heterocycles. The minimum atomic E-state index is -1.35. The van der Waals surface area contributed by atoms with E-state index >= 15 is 0 Å². The number of amides is 6. The third-order valence-corrected chi connectivity index (χ3v) is 12.8. The van der Waals surface area contributed by atoms with Gasteiger partial charge >= 0.3 is 0 Å². The lowest BCUT2D eigenvalue weighted by molar-refractivity contribution is -0.136. The minimum absolute atomic E-state index is 0.205. The van der Waals surface area contributed by atoms with Crippen molar-refractivity contribution in [2.45, 2.75) is 143 Å². The van der Waals surface area contributed by atoms with E-state index in [-0.39, 0.29) is 31.7 Å². The van der Waals surface area contributed by atoms with Gasteiger partial charge < -0.3 is 63.0 Å². The molecule has 6 amide bonds. The van der Waals surface area contributed by atoms with Gasteiger partial charge in [-0.15, -0.1) is 0 Å². The predicted octanol–water partition coefficient (Wildman–Crippen LogP) is 1.39. The summed E-state index contributed by atoms with van der Waals surface area (Å²) in [6.45, 7) is 16.4. The van der Waals surface area contributed by atoms with Gasteiger partial charge in [0.25, 0.3) is 0 Å². The molecule has 0 radical (unpaired) electrons. The van der Waals surface area contributed by atoms with Gasteiger partial charge in [0, 0.05) is 136 Å². The van der Waals surface area contributed by atoms with E-state index in [1.807, 2.05) is 40.0 Å². The largest absolute Gasteiger partial charge is 0.356 e. The molecule has 0 aliphatic rings. The molecule has 20 heteroatoms. The summed E-state index contributed by atoms with van der Waals surface area (Å²) in [6, 6.07) is -1.35. The molecule has 0 fully saturated rings. The van der Waals surface area contributed by atoms with Crippen LogP contribution >= 0.6 is 0 Å². The Labute approximate surface area is 434 Å². The fourth-order valence-electron chi connectivity index (χ4n) is 7.92. The Hall–Kier alpha value is -4.08. The van der Waals surface area contributed by atoms with Gasteiger partial charge in [-0.05, 0) is 53.9 Å². The Kier molecular flexibility index (Phi) is 40.9. The van der Waals surface area contributed by atoms with Crippen LogP contribution in [0.4, 0.5) is 0 Å². The summed E-state index contributed by atoms with van der Waals surface area (Å²) in [5.74, 6) is -6.78. The average molecular weight is 1020 g/mol. The summed E-state index contributed by atoms with van der Waals surface area (Å²) in [5, 5.41) is 17.1. The van der Waals surface area contributed by atoms with Gasteiger partial charge in [-0.3, -0.25) is 38.4 Å². The monoisotopic (exact) mass is 1020 g/mol. The third kappa shape index (κ3) is 35.1. The molecule has 0 aliphatic carbocycles. The Morgan fingerprint density at radius 3 is 1.26 bits per heavy atom. The Balaban J connectivity index is 6.50. The molecule has 0 saturated heterocycles. The van der Waals surface area contributed by atoms with Crippen LogP contribution in [0, 0.1) is 17.8 Å². The lowest BCUT2D eigenvalue weighted by Gasteiger charge is -2.24. The molecule has 0 heterocycles. The molecule has 0 aromatic rings. The fourth-order valence-corrected chi connectivity index (χ4v) is 7.92. The zero-order chi connectivity index (χ0) is 54.1. The molecular formula is C52H102N12O8. The second-order valence-corrected chi connectivity index (χ2v) is 19.7. The van der Waals surface area contributed by atoms with Crippen molar-refractivity contribution in [3.63, 3.8) is 0 Å². The van der Waals surface area contributed by atoms with Crippen LogP contribution in [0.15, 0.2) is 0 Å². The van der Waals surface area contributed by atoms with Crippen LogP contribution in [0.5, 0.6) is 0 Å². The first-order valence-electron chi connectivity index (χ1n) is 27.3. The molecule has 0 saturated carbocycles. The van der Waals surface area contributed by atoms with Gasteiger partial charge in [0.1, 0.15) is 5.78 Å². The van der Waals surface area contributed by atoms with Gasteiger partial charge in [0.15, 0.2) is 5.78 Å². The highest BCUT2D eigenvalue weighted by Gasteiger charge is 2.33. The summed E-state index contributed by atoms with van der Waals surface area (Å²) in [6.07, 6.45) is 7.35. The maximum absolute atomic E-state index is 14.4. The van der Waals surface area contributed by atoms with Crippen LogP contribution in [0.2, 0.25) is 0 Å². The predicted molar refractivity (Wildman–Crippen MR) is 287 cm³/mol. The summed E-state index contributed by atoms with van der Waals surface area (Å²) >= 11 is 0. The van der Waals surface area contributed by atoms with Crippen molar-refractivity contribution in [3.05, 3.63) is 0 Å². The minimum Gasteiger partial charge on any atom is -0.356 e. The van der Waals surface area contributed by atoms with Crippen molar-refractivity contribution in [1.82, 2.24) is 51.5 Å². The van der Waals surface area contributed by atoms with Crippen molar-refractivity contribution >= 4 is 47.0 Å². The summed E-state index contributed by atoms with van der Waals surface area (Å²) in [4.78, 5) is 118. The van der Waals surface area contributed by atoms with E-state index in [4.69, 9.17) is 11.5 Å². The van der Waals surface area contributed by atoms with E-state index < -0.39 is 84.2 Å². The van der Waals surface area contributed by atoms with Crippen LogP contribution in [-0.2, 0) is 38.4 Å². The summed E-state index contributed by atoms with van der Waals surface area (Å²) < 4.78 is 0. The molecule has 20 nitrogen and oxygen atoms in total. The van der Waals surface area contributed by atoms with Crippen molar-refractivity contribution < 1.29 is 38.4 Å². The van der Waals surface area contributed by atoms with Crippen molar-refractivity contribution in [2.24, 2.45) is 29.2 Å². The molecule has 0 bridgehead atoms. The second kappa shape index (κ2) is 43.3. The number of carbonyl (C=O) groups excluding carboxylic acids is 8. The highest BCUT2D eigenvalue weighted by atomic mass is 16.2. The molecule has 10 N–H and O–H groups in total. The number of nitrogens with zero attached hydrogens (tertiary/aromatic N) is 4. The molecule has 4 atom stereocenters. The third-order valence-electron chi connectivity index (χ3n) is 12.8. The van der Waals surface area contributed by atoms with Crippen molar-refractivity contribution in [1.29, 1.82) is 0 Å². The van der Waals surface area contributed by atoms with E-state index in [2.05, 4.69) is 60.4 Å². The van der Waals surface area contributed by atoms with E-state index in [1.165, 1.54) is 0 Å². The molecule has 0 spiro atoms. The quantitative estimate of drug-likeness (QED) is 0.0401. The molecule has 0 aliphatic heterocycles. The molecule has 72 heavy (non-hydrogen) atoms. The van der Waals surface area contributed by atoms with E-state index in [9.17, 15) is 38.4 Å². The number of nitrogens with one attached hydrogen (secondary N) is 6. The summed E-state index contributed by atoms with van der Waals surface area (Å²) in [5.41, 5.74) is 11.4. The van der Waals surface area contributed by atoms with E-state index in [0.29, 0.717) is 71.7 Å². The second-order valence-electron chi connectivity index (χ2n) is 19.7. The number of nitrogens with two attached hydrogens (primary N) is 2. The Morgan fingerprint density at radius 2 is 0.778 bits per heavy atom. The van der Waals surface area contributed by atoms with Crippen molar-refractivity contribution in [2.75, 3.05) is 126 Å².